The van der Waals surface area contributed by atoms with Crippen LogP contribution in [-0.4, -0.2) is 52.9 Å². The number of rotatable bonds is 3. The van der Waals surface area contributed by atoms with Gasteiger partial charge < -0.3 is 21.1 Å². The average Bonchev–Trinajstić information content (AvgIpc) is 2.93. The summed E-state index contributed by atoms with van der Waals surface area (Å²) >= 11 is 0. The Balaban J connectivity index is 1.91. The zero-order valence-corrected chi connectivity index (χ0v) is 14.2. The van der Waals surface area contributed by atoms with Crippen LogP contribution in [0.15, 0.2) is 35.6 Å². The van der Waals surface area contributed by atoms with E-state index in [0.29, 0.717) is 17.0 Å². The van der Waals surface area contributed by atoms with Gasteiger partial charge in [0, 0.05) is 32.3 Å². The molecule has 1 atom stereocenters. The second-order valence-corrected chi connectivity index (χ2v) is 5.78. The van der Waals surface area contributed by atoms with Gasteiger partial charge in [-0.2, -0.15) is 0 Å². The Kier molecular flexibility index (Phi) is 4.14. The molecule has 4 N–H and O–H groups in total. The molecular weight excluding hydrogens is 322 g/mol. The first-order chi connectivity index (χ1) is 11.9. The lowest BCUT2D eigenvalue weighted by atomic mass is 10.1. The van der Waals surface area contributed by atoms with Gasteiger partial charge in [0.1, 0.15) is 5.69 Å². The van der Waals surface area contributed by atoms with Gasteiger partial charge in [-0.15, -0.1) is 5.10 Å². The second kappa shape index (κ2) is 6.27. The third-order valence-corrected chi connectivity index (χ3v) is 3.73. The van der Waals surface area contributed by atoms with Gasteiger partial charge in [0.05, 0.1) is 11.9 Å². The number of nitrogens with two attached hydrogens (primary N) is 2. The van der Waals surface area contributed by atoms with E-state index in [-0.39, 0.29) is 17.7 Å². The average molecular weight is 341 g/mol. The minimum atomic E-state index is -0.623. The molecule has 0 spiro atoms. The minimum Gasteiger partial charge on any atom is -0.432 e. The Morgan fingerprint density at radius 3 is 2.48 bits per heavy atom. The third-order valence-electron chi connectivity index (χ3n) is 3.73. The molecule has 9 nitrogen and oxygen atoms in total. The van der Waals surface area contributed by atoms with Crippen molar-refractivity contribution in [2.45, 2.75) is 6.23 Å². The molecule has 0 saturated heterocycles. The number of benzene rings is 1. The molecule has 25 heavy (non-hydrogen) atoms. The fraction of sp³-hybridized carbons (Fsp3) is 0.250. The van der Waals surface area contributed by atoms with E-state index < -0.39 is 6.23 Å². The summed E-state index contributed by atoms with van der Waals surface area (Å²) in [5.74, 6) is 0.175. The molecule has 2 aromatic rings. The highest BCUT2D eigenvalue weighted by Gasteiger charge is 2.29. The predicted octanol–water partition coefficient (Wildman–Crippen LogP) is 0.618. The summed E-state index contributed by atoms with van der Waals surface area (Å²) in [6.07, 6.45) is 0.947. The molecule has 1 aromatic carbocycles. The number of hydrazone groups is 1. The zero-order valence-electron chi connectivity index (χ0n) is 14.2. The normalized spacial score (nSPS) is 16.4. The zero-order chi connectivity index (χ0) is 18.1. The lowest BCUT2D eigenvalue weighted by Crippen LogP contribution is -2.21. The number of aromatic nitrogens is 2. The maximum atomic E-state index is 12.0. The van der Waals surface area contributed by atoms with Crippen LogP contribution in [0, 0.1) is 0 Å². The van der Waals surface area contributed by atoms with Crippen LogP contribution >= 0.6 is 0 Å². The fourth-order valence-corrected chi connectivity index (χ4v) is 2.43. The first-order valence-corrected chi connectivity index (χ1v) is 7.55. The van der Waals surface area contributed by atoms with Gasteiger partial charge in [-0.1, -0.05) is 12.1 Å². The first kappa shape index (κ1) is 16.5. The van der Waals surface area contributed by atoms with Crippen molar-refractivity contribution in [2.75, 3.05) is 26.9 Å². The van der Waals surface area contributed by atoms with Crippen LogP contribution in [0.1, 0.15) is 22.3 Å². The molecule has 9 heteroatoms. The quantitative estimate of drug-likeness (QED) is 0.838. The number of anilines is 1. The summed E-state index contributed by atoms with van der Waals surface area (Å²) in [7, 11) is 5.12. The summed E-state index contributed by atoms with van der Waals surface area (Å²) in [6, 6.07) is 7.16. The van der Waals surface area contributed by atoms with Crippen molar-refractivity contribution < 1.29 is 9.53 Å². The molecule has 1 aliphatic heterocycles. The Hall–Kier alpha value is -3.36. The molecule has 3 rings (SSSR count). The van der Waals surface area contributed by atoms with Crippen molar-refractivity contribution >= 4 is 17.7 Å². The van der Waals surface area contributed by atoms with E-state index in [1.807, 2.05) is 12.1 Å². The highest BCUT2D eigenvalue weighted by Crippen LogP contribution is 2.29. The summed E-state index contributed by atoms with van der Waals surface area (Å²) in [6.45, 7) is 0. The molecule has 1 unspecified atom stereocenters. The molecule has 0 saturated carbocycles. The Labute approximate surface area is 144 Å². The largest absolute Gasteiger partial charge is 0.432 e. The van der Waals surface area contributed by atoms with Crippen molar-refractivity contribution in [1.29, 1.82) is 0 Å². The standard InChI is InChI=1S/C16H19N7O2/c1-22(2)14(24)10-6-4-9(5-7-10)11-8-19-13(17)12(20-11)15-23(3)21-16(18)25-15/h4-8,15H,1-3H3,(H2,17,19)(H2,18,21). The van der Waals surface area contributed by atoms with Crippen molar-refractivity contribution in [1.82, 2.24) is 19.9 Å². The molecule has 0 fully saturated rings. The van der Waals surface area contributed by atoms with Gasteiger partial charge in [-0.05, 0) is 12.1 Å². The number of ether oxygens (including phenoxy) is 1. The molecule has 2 heterocycles. The van der Waals surface area contributed by atoms with Crippen LogP contribution < -0.4 is 11.5 Å². The maximum Gasteiger partial charge on any atom is 0.306 e. The van der Waals surface area contributed by atoms with Crippen LogP contribution in [0.4, 0.5) is 5.82 Å². The molecule has 0 aliphatic carbocycles. The van der Waals surface area contributed by atoms with Crippen LogP contribution in [0.2, 0.25) is 0 Å². The fourth-order valence-electron chi connectivity index (χ4n) is 2.43. The van der Waals surface area contributed by atoms with Crippen molar-refractivity contribution in [3.8, 4) is 11.3 Å². The number of hydrogen-bond donors (Lipinski definition) is 2. The maximum absolute atomic E-state index is 12.0. The Morgan fingerprint density at radius 2 is 1.92 bits per heavy atom. The van der Waals surface area contributed by atoms with E-state index in [0.717, 1.165) is 5.56 Å². The van der Waals surface area contributed by atoms with E-state index in [2.05, 4.69) is 15.1 Å². The monoisotopic (exact) mass is 341 g/mol. The molecule has 1 aromatic heterocycles. The van der Waals surface area contributed by atoms with E-state index in [4.69, 9.17) is 16.2 Å². The van der Waals surface area contributed by atoms with E-state index in [1.165, 1.54) is 9.91 Å². The number of amidine groups is 1. The van der Waals surface area contributed by atoms with Gasteiger partial charge in [0.2, 0.25) is 6.23 Å². The van der Waals surface area contributed by atoms with Crippen LogP contribution in [0.25, 0.3) is 11.3 Å². The van der Waals surface area contributed by atoms with Crippen molar-refractivity contribution in [3.63, 3.8) is 0 Å². The first-order valence-electron chi connectivity index (χ1n) is 7.55. The summed E-state index contributed by atoms with van der Waals surface area (Å²) in [5, 5.41) is 5.50. The molecule has 130 valence electrons. The Morgan fingerprint density at radius 1 is 1.24 bits per heavy atom. The number of nitrogen functional groups attached to an aromatic ring is 1. The van der Waals surface area contributed by atoms with Crippen molar-refractivity contribution in [2.24, 2.45) is 10.8 Å². The summed E-state index contributed by atoms with van der Waals surface area (Å²) in [5.41, 5.74) is 13.9. The SMILES string of the molecule is CN(C)C(=O)c1ccc(-c2cnc(N)c(C3OC(N)=NN3C)n2)cc1. The number of carbonyl (C=O) groups excluding carboxylic acids is 1. The second-order valence-electron chi connectivity index (χ2n) is 5.78. The molecule has 0 radical (unpaired) electrons. The van der Waals surface area contributed by atoms with E-state index in [1.54, 1.807) is 39.5 Å². The predicted molar refractivity (Wildman–Crippen MR) is 93.1 cm³/mol. The minimum absolute atomic E-state index is 0.0469. The van der Waals surface area contributed by atoms with Crippen LogP contribution in [0.5, 0.6) is 0 Å². The Bertz CT molecular complexity index is 833. The number of carbonyl (C=O) groups is 1. The van der Waals surface area contributed by atoms with E-state index in [9.17, 15) is 4.79 Å². The molecule has 0 bridgehead atoms. The highest BCUT2D eigenvalue weighted by molar-refractivity contribution is 5.94. The topological polar surface area (TPSA) is 123 Å². The van der Waals surface area contributed by atoms with Crippen molar-refractivity contribution in [3.05, 3.63) is 41.7 Å². The lowest BCUT2D eigenvalue weighted by molar-refractivity contribution is 0.0730. The van der Waals surface area contributed by atoms with Gasteiger partial charge in [-0.3, -0.25) is 9.80 Å². The van der Waals surface area contributed by atoms with Gasteiger partial charge in [0.15, 0.2) is 5.82 Å². The van der Waals surface area contributed by atoms with Gasteiger partial charge in [0.25, 0.3) is 5.91 Å². The van der Waals surface area contributed by atoms with E-state index >= 15 is 0 Å². The number of amides is 1. The number of hydrogen-bond acceptors (Lipinski definition) is 8. The summed E-state index contributed by atoms with van der Waals surface area (Å²) < 4.78 is 5.43. The highest BCUT2D eigenvalue weighted by atomic mass is 16.5. The van der Waals surface area contributed by atoms with Gasteiger partial charge in [-0.25, -0.2) is 9.97 Å². The lowest BCUT2D eigenvalue weighted by Gasteiger charge is -2.18. The van der Waals surface area contributed by atoms with Gasteiger partial charge >= 0.3 is 6.02 Å². The molecule has 1 aliphatic rings. The molecular formula is C16H19N7O2. The third kappa shape index (κ3) is 3.16. The molecule has 1 amide bonds. The van der Waals surface area contributed by atoms with Crippen LogP contribution in [0.3, 0.4) is 0 Å². The summed E-state index contributed by atoms with van der Waals surface area (Å²) in [4.78, 5) is 22.2. The van der Waals surface area contributed by atoms with Crippen LogP contribution in [-0.2, 0) is 4.74 Å². The number of nitrogens with zero attached hydrogens (tertiary/aromatic N) is 5. The smallest absolute Gasteiger partial charge is 0.306 e.